The molecule has 0 saturated carbocycles. The molecule has 1 unspecified atom stereocenters. The second kappa shape index (κ2) is 48.8. The molecule has 0 amide bonds. The number of hydrogen-bond donors (Lipinski definition) is 0. The van der Waals surface area contributed by atoms with Crippen molar-refractivity contribution in [3.8, 4) is 0 Å². The normalized spacial score (nSPS) is 12.5. The molecule has 0 N–H and O–H groups in total. The zero-order chi connectivity index (χ0) is 43.7. The lowest BCUT2D eigenvalue weighted by Crippen LogP contribution is -2.30. The van der Waals surface area contributed by atoms with Gasteiger partial charge in [-0.3, -0.25) is 14.4 Å². The molecular weight excluding hydrogens is 745 g/mol. The van der Waals surface area contributed by atoms with Crippen LogP contribution < -0.4 is 0 Å². The number of hydrogen-bond acceptors (Lipinski definition) is 6. The van der Waals surface area contributed by atoms with E-state index in [0.717, 1.165) is 77.0 Å². The molecule has 0 fully saturated rings. The summed E-state index contributed by atoms with van der Waals surface area (Å²) in [7, 11) is 0. The Morgan fingerprint density at radius 2 is 0.650 bits per heavy atom. The molecule has 0 aliphatic rings. The SMILES string of the molecule is CC/C=C\C/C=C\C/C=C\CCCCC(=O)OCC(COC(=O)CCCCCCCCC/C=C\CCCCCC)OC(=O)CCCCCCCCC/C=C\CCCCCC. The molecule has 0 radical (unpaired) electrons. The maximum atomic E-state index is 12.8. The number of allylic oxidation sites excluding steroid dienone is 10. The summed E-state index contributed by atoms with van der Waals surface area (Å²) in [4.78, 5) is 37.9. The van der Waals surface area contributed by atoms with Gasteiger partial charge in [0.15, 0.2) is 6.10 Å². The van der Waals surface area contributed by atoms with Crippen molar-refractivity contribution < 1.29 is 28.6 Å². The summed E-state index contributed by atoms with van der Waals surface area (Å²) in [5.41, 5.74) is 0. The fourth-order valence-electron chi connectivity index (χ4n) is 6.92. The summed E-state index contributed by atoms with van der Waals surface area (Å²) in [6.07, 6.45) is 59.2. The second-order valence-corrected chi connectivity index (χ2v) is 16.7. The Hall–Kier alpha value is -2.89. The quantitative estimate of drug-likeness (QED) is 0.0263. The van der Waals surface area contributed by atoms with Gasteiger partial charge in [0.25, 0.3) is 0 Å². The van der Waals surface area contributed by atoms with Crippen LogP contribution in [0.1, 0.15) is 245 Å². The Bertz CT molecular complexity index is 1100. The van der Waals surface area contributed by atoms with E-state index in [9.17, 15) is 14.4 Å². The fourth-order valence-corrected chi connectivity index (χ4v) is 6.92. The first-order valence-electron chi connectivity index (χ1n) is 25.3. The molecule has 60 heavy (non-hydrogen) atoms. The van der Waals surface area contributed by atoms with Gasteiger partial charge in [0.1, 0.15) is 13.2 Å². The van der Waals surface area contributed by atoms with Crippen LogP contribution in [0, 0.1) is 0 Å². The highest BCUT2D eigenvalue weighted by Crippen LogP contribution is 2.14. The van der Waals surface area contributed by atoms with Gasteiger partial charge < -0.3 is 14.2 Å². The van der Waals surface area contributed by atoms with E-state index < -0.39 is 6.10 Å². The summed E-state index contributed by atoms with van der Waals surface area (Å²) < 4.78 is 16.7. The number of ether oxygens (including phenoxy) is 3. The summed E-state index contributed by atoms with van der Waals surface area (Å²) in [6.45, 7) is 6.46. The molecule has 0 aromatic heterocycles. The van der Waals surface area contributed by atoms with Gasteiger partial charge >= 0.3 is 17.9 Å². The van der Waals surface area contributed by atoms with Crippen LogP contribution in [-0.4, -0.2) is 37.2 Å². The van der Waals surface area contributed by atoms with E-state index in [4.69, 9.17) is 14.2 Å². The van der Waals surface area contributed by atoms with Crippen LogP contribution in [0.15, 0.2) is 60.8 Å². The molecule has 0 aliphatic carbocycles. The highest BCUT2D eigenvalue weighted by Gasteiger charge is 2.19. The third kappa shape index (κ3) is 46.2. The first-order valence-corrected chi connectivity index (χ1v) is 25.3. The summed E-state index contributed by atoms with van der Waals surface area (Å²) in [5.74, 6) is -0.938. The zero-order valence-electron chi connectivity index (χ0n) is 39.5. The van der Waals surface area contributed by atoms with Crippen LogP contribution in [0.3, 0.4) is 0 Å². The second-order valence-electron chi connectivity index (χ2n) is 16.7. The van der Waals surface area contributed by atoms with Crippen molar-refractivity contribution in [3.63, 3.8) is 0 Å². The van der Waals surface area contributed by atoms with E-state index in [0.29, 0.717) is 19.3 Å². The van der Waals surface area contributed by atoms with Crippen molar-refractivity contribution in [2.45, 2.75) is 252 Å². The van der Waals surface area contributed by atoms with Gasteiger partial charge in [-0.1, -0.05) is 184 Å². The average Bonchev–Trinajstić information content (AvgIpc) is 3.24. The Balaban J connectivity index is 4.42. The average molecular weight is 839 g/mol. The van der Waals surface area contributed by atoms with Gasteiger partial charge in [-0.25, -0.2) is 0 Å². The molecule has 6 heteroatoms. The van der Waals surface area contributed by atoms with Crippen molar-refractivity contribution in [1.29, 1.82) is 0 Å². The van der Waals surface area contributed by atoms with Crippen molar-refractivity contribution in [3.05, 3.63) is 60.8 Å². The van der Waals surface area contributed by atoms with Crippen molar-refractivity contribution in [2.75, 3.05) is 13.2 Å². The monoisotopic (exact) mass is 839 g/mol. The third-order valence-electron chi connectivity index (χ3n) is 10.7. The Labute approximate surface area is 370 Å². The van der Waals surface area contributed by atoms with E-state index in [-0.39, 0.29) is 31.1 Å². The molecule has 346 valence electrons. The van der Waals surface area contributed by atoms with Crippen LogP contribution in [0.25, 0.3) is 0 Å². The third-order valence-corrected chi connectivity index (χ3v) is 10.7. The Morgan fingerprint density at radius 3 is 1.07 bits per heavy atom. The molecule has 1 atom stereocenters. The van der Waals surface area contributed by atoms with E-state index in [1.165, 1.54) is 128 Å². The Kier molecular flexibility index (Phi) is 46.4. The molecule has 0 spiro atoms. The molecule has 0 rings (SSSR count). The minimum atomic E-state index is -0.792. The standard InChI is InChI=1S/C54H94O6/c1-4-7-10-13-16-19-22-25-27-29-32-35-38-41-44-47-53(56)59-50-51(49-58-52(55)46-43-40-37-34-31-24-21-18-15-12-9-6-3)60-54(57)48-45-42-39-36-33-30-28-26-23-20-17-14-11-8-5-2/h9,12,18-23,31,34,51H,4-8,10-11,13-17,24-30,32-33,35-50H2,1-3H3/b12-9-,21-18-,22-19-,23-20-,34-31-. The molecule has 0 aromatic carbocycles. The van der Waals surface area contributed by atoms with E-state index in [1.807, 2.05) is 0 Å². The topological polar surface area (TPSA) is 78.9 Å². The Morgan fingerprint density at radius 1 is 0.350 bits per heavy atom. The maximum Gasteiger partial charge on any atom is 0.306 e. The number of unbranched alkanes of at least 4 members (excludes halogenated alkanes) is 24. The van der Waals surface area contributed by atoms with Gasteiger partial charge in [-0.05, 0) is 103 Å². The summed E-state index contributed by atoms with van der Waals surface area (Å²) in [6, 6.07) is 0. The van der Waals surface area contributed by atoms with Crippen LogP contribution in [-0.2, 0) is 28.6 Å². The highest BCUT2D eigenvalue weighted by atomic mass is 16.6. The number of rotatable bonds is 45. The van der Waals surface area contributed by atoms with E-state index in [2.05, 4.69) is 81.5 Å². The first-order chi connectivity index (χ1) is 29.5. The van der Waals surface area contributed by atoms with Gasteiger partial charge in [-0.2, -0.15) is 0 Å². The van der Waals surface area contributed by atoms with Crippen LogP contribution >= 0.6 is 0 Å². The largest absolute Gasteiger partial charge is 0.462 e. The van der Waals surface area contributed by atoms with Crippen molar-refractivity contribution in [1.82, 2.24) is 0 Å². The molecule has 0 heterocycles. The molecule has 0 bridgehead atoms. The minimum Gasteiger partial charge on any atom is -0.462 e. The maximum absolute atomic E-state index is 12.8. The number of carbonyl (C=O) groups is 3. The van der Waals surface area contributed by atoms with Gasteiger partial charge in [0.2, 0.25) is 0 Å². The van der Waals surface area contributed by atoms with Gasteiger partial charge in [0, 0.05) is 19.3 Å². The highest BCUT2D eigenvalue weighted by molar-refractivity contribution is 5.71. The lowest BCUT2D eigenvalue weighted by molar-refractivity contribution is -0.167. The predicted octanol–water partition coefficient (Wildman–Crippen LogP) is 16.5. The first kappa shape index (κ1) is 57.1. The smallest absolute Gasteiger partial charge is 0.306 e. The predicted molar refractivity (Wildman–Crippen MR) is 256 cm³/mol. The lowest BCUT2D eigenvalue weighted by Gasteiger charge is -2.18. The van der Waals surface area contributed by atoms with E-state index in [1.54, 1.807) is 0 Å². The number of esters is 3. The van der Waals surface area contributed by atoms with Crippen LogP contribution in [0.5, 0.6) is 0 Å². The van der Waals surface area contributed by atoms with E-state index >= 15 is 0 Å². The number of carbonyl (C=O) groups excluding carboxylic acids is 3. The zero-order valence-corrected chi connectivity index (χ0v) is 39.5. The molecule has 0 aliphatic heterocycles. The lowest BCUT2D eigenvalue weighted by atomic mass is 10.1. The van der Waals surface area contributed by atoms with Crippen molar-refractivity contribution in [2.24, 2.45) is 0 Å². The van der Waals surface area contributed by atoms with Crippen LogP contribution in [0.2, 0.25) is 0 Å². The summed E-state index contributed by atoms with van der Waals surface area (Å²) >= 11 is 0. The molecule has 0 saturated heterocycles. The van der Waals surface area contributed by atoms with Crippen molar-refractivity contribution >= 4 is 17.9 Å². The molecule has 6 nitrogen and oxygen atoms in total. The molecular formula is C54H94O6. The minimum absolute atomic E-state index is 0.0901. The van der Waals surface area contributed by atoms with Gasteiger partial charge in [0.05, 0.1) is 0 Å². The molecule has 0 aromatic rings. The van der Waals surface area contributed by atoms with Gasteiger partial charge in [-0.15, -0.1) is 0 Å². The summed E-state index contributed by atoms with van der Waals surface area (Å²) in [5, 5.41) is 0. The fraction of sp³-hybridized carbons (Fsp3) is 0.759. The van der Waals surface area contributed by atoms with Crippen LogP contribution in [0.4, 0.5) is 0 Å².